The van der Waals surface area contributed by atoms with Crippen LogP contribution in [0, 0.1) is 5.41 Å². The van der Waals surface area contributed by atoms with Gasteiger partial charge in [0.1, 0.15) is 0 Å². The fourth-order valence-electron chi connectivity index (χ4n) is 2.40. The third-order valence-electron chi connectivity index (χ3n) is 3.19. The van der Waals surface area contributed by atoms with E-state index in [4.69, 9.17) is 5.11 Å². The van der Waals surface area contributed by atoms with Gasteiger partial charge in [0, 0.05) is 38.6 Å². The lowest BCUT2D eigenvalue weighted by Gasteiger charge is -2.32. The standard InChI is InChI=1S/C13H24N2O2/c1-4-7-15-10-13(2,3)9-14-8-11(15)5-6-12(16)17/h4,11,14H,1,5-10H2,2-3H3,(H,16,17). The van der Waals surface area contributed by atoms with Gasteiger partial charge in [-0.05, 0) is 11.8 Å². The number of hydrogen-bond acceptors (Lipinski definition) is 3. The van der Waals surface area contributed by atoms with Crippen molar-refractivity contribution in [3.05, 3.63) is 12.7 Å². The number of rotatable bonds is 5. The summed E-state index contributed by atoms with van der Waals surface area (Å²) >= 11 is 0. The largest absolute Gasteiger partial charge is 0.481 e. The Hall–Kier alpha value is -0.870. The van der Waals surface area contributed by atoms with E-state index in [1.807, 2.05) is 6.08 Å². The monoisotopic (exact) mass is 240 g/mol. The van der Waals surface area contributed by atoms with Crippen molar-refractivity contribution in [3.63, 3.8) is 0 Å². The Labute approximate surface area is 104 Å². The average Bonchev–Trinajstić information content (AvgIpc) is 2.34. The molecule has 1 saturated heterocycles. The lowest BCUT2D eigenvalue weighted by Crippen LogP contribution is -2.41. The Kier molecular flexibility index (Phi) is 5.15. The molecule has 4 nitrogen and oxygen atoms in total. The van der Waals surface area contributed by atoms with E-state index in [0.717, 1.165) is 26.2 Å². The van der Waals surface area contributed by atoms with Crippen LogP contribution < -0.4 is 5.32 Å². The van der Waals surface area contributed by atoms with Crippen molar-refractivity contribution in [3.8, 4) is 0 Å². The first-order chi connectivity index (χ1) is 7.94. The van der Waals surface area contributed by atoms with Crippen molar-refractivity contribution in [1.29, 1.82) is 0 Å². The number of carboxylic acid groups (broad SMARTS) is 1. The van der Waals surface area contributed by atoms with Gasteiger partial charge >= 0.3 is 5.97 Å². The maximum atomic E-state index is 10.7. The summed E-state index contributed by atoms with van der Waals surface area (Å²) in [6.45, 7) is 11.9. The van der Waals surface area contributed by atoms with Crippen LogP contribution in [-0.2, 0) is 4.79 Å². The summed E-state index contributed by atoms with van der Waals surface area (Å²) in [6, 6.07) is 0.297. The molecule has 0 aliphatic carbocycles. The molecule has 1 aliphatic rings. The molecule has 0 saturated carbocycles. The van der Waals surface area contributed by atoms with E-state index in [0.29, 0.717) is 12.5 Å². The molecule has 0 spiro atoms. The highest BCUT2D eigenvalue weighted by atomic mass is 16.4. The molecule has 1 rings (SSSR count). The molecule has 0 aromatic rings. The van der Waals surface area contributed by atoms with Crippen LogP contribution in [0.3, 0.4) is 0 Å². The first-order valence-electron chi connectivity index (χ1n) is 6.22. The number of carbonyl (C=O) groups is 1. The summed E-state index contributed by atoms with van der Waals surface area (Å²) in [4.78, 5) is 13.0. The summed E-state index contributed by atoms with van der Waals surface area (Å²) in [5.74, 6) is -0.716. The number of aliphatic carboxylic acids is 1. The Morgan fingerprint density at radius 2 is 2.35 bits per heavy atom. The van der Waals surface area contributed by atoms with Crippen LogP contribution in [0.4, 0.5) is 0 Å². The van der Waals surface area contributed by atoms with Gasteiger partial charge in [-0.15, -0.1) is 6.58 Å². The molecular weight excluding hydrogens is 216 g/mol. The minimum absolute atomic E-state index is 0.223. The van der Waals surface area contributed by atoms with Crippen LogP contribution >= 0.6 is 0 Å². The number of nitrogens with zero attached hydrogens (tertiary/aromatic N) is 1. The van der Waals surface area contributed by atoms with Gasteiger partial charge in [0.15, 0.2) is 0 Å². The molecule has 1 fully saturated rings. The maximum absolute atomic E-state index is 10.7. The fraction of sp³-hybridized carbons (Fsp3) is 0.769. The molecule has 0 amide bonds. The summed E-state index contributed by atoms with van der Waals surface area (Å²) in [7, 11) is 0. The van der Waals surface area contributed by atoms with Crippen LogP contribution in [0.15, 0.2) is 12.7 Å². The Bertz CT molecular complexity index is 277. The minimum atomic E-state index is -0.716. The van der Waals surface area contributed by atoms with E-state index in [1.165, 1.54) is 0 Å². The Morgan fingerprint density at radius 3 is 2.94 bits per heavy atom. The molecule has 2 N–H and O–H groups in total. The summed E-state index contributed by atoms with van der Waals surface area (Å²) < 4.78 is 0. The molecule has 4 heteroatoms. The highest BCUT2D eigenvalue weighted by Crippen LogP contribution is 2.21. The van der Waals surface area contributed by atoms with Gasteiger partial charge in [-0.2, -0.15) is 0 Å². The first kappa shape index (κ1) is 14.2. The summed E-state index contributed by atoms with van der Waals surface area (Å²) in [5.41, 5.74) is 0.223. The third-order valence-corrected chi connectivity index (χ3v) is 3.19. The molecule has 1 aliphatic heterocycles. The zero-order valence-electron chi connectivity index (χ0n) is 10.9. The van der Waals surface area contributed by atoms with Gasteiger partial charge in [0.25, 0.3) is 0 Å². The molecule has 1 unspecified atom stereocenters. The van der Waals surface area contributed by atoms with E-state index >= 15 is 0 Å². The van der Waals surface area contributed by atoms with E-state index in [1.54, 1.807) is 0 Å². The molecule has 98 valence electrons. The smallest absolute Gasteiger partial charge is 0.303 e. The second-order valence-electron chi connectivity index (χ2n) is 5.60. The number of carboxylic acids is 1. The van der Waals surface area contributed by atoms with E-state index in [-0.39, 0.29) is 11.8 Å². The van der Waals surface area contributed by atoms with Crippen molar-refractivity contribution < 1.29 is 9.90 Å². The highest BCUT2D eigenvalue weighted by molar-refractivity contribution is 5.66. The summed E-state index contributed by atoms with van der Waals surface area (Å²) in [6.07, 6.45) is 2.84. The molecule has 17 heavy (non-hydrogen) atoms. The van der Waals surface area contributed by atoms with Gasteiger partial charge in [0.2, 0.25) is 0 Å². The van der Waals surface area contributed by atoms with Crippen LogP contribution in [0.25, 0.3) is 0 Å². The molecule has 1 atom stereocenters. The first-order valence-corrected chi connectivity index (χ1v) is 6.22. The van der Waals surface area contributed by atoms with Gasteiger partial charge in [-0.3, -0.25) is 9.69 Å². The predicted octanol–water partition coefficient (Wildman–Crippen LogP) is 1.34. The lowest BCUT2D eigenvalue weighted by atomic mass is 9.93. The molecule has 1 heterocycles. The van der Waals surface area contributed by atoms with Crippen molar-refractivity contribution in [2.45, 2.75) is 32.7 Å². The van der Waals surface area contributed by atoms with Gasteiger partial charge in [-0.1, -0.05) is 19.9 Å². The van der Waals surface area contributed by atoms with Crippen molar-refractivity contribution in [1.82, 2.24) is 10.2 Å². The van der Waals surface area contributed by atoms with Crippen LogP contribution in [-0.4, -0.2) is 48.2 Å². The molecule has 0 aromatic carbocycles. The van der Waals surface area contributed by atoms with Gasteiger partial charge in [0.05, 0.1) is 0 Å². The number of nitrogens with one attached hydrogen (secondary N) is 1. The van der Waals surface area contributed by atoms with Crippen molar-refractivity contribution >= 4 is 5.97 Å². The van der Waals surface area contributed by atoms with Gasteiger partial charge in [-0.25, -0.2) is 0 Å². The van der Waals surface area contributed by atoms with Crippen LogP contribution in [0.5, 0.6) is 0 Å². The third kappa shape index (κ3) is 4.88. The highest BCUT2D eigenvalue weighted by Gasteiger charge is 2.29. The Morgan fingerprint density at radius 1 is 1.65 bits per heavy atom. The molecule has 0 bridgehead atoms. The van der Waals surface area contributed by atoms with E-state index < -0.39 is 5.97 Å². The minimum Gasteiger partial charge on any atom is -0.481 e. The second kappa shape index (κ2) is 6.17. The van der Waals surface area contributed by atoms with Crippen LogP contribution in [0.1, 0.15) is 26.7 Å². The predicted molar refractivity (Wildman–Crippen MR) is 69.1 cm³/mol. The van der Waals surface area contributed by atoms with E-state index in [9.17, 15) is 4.79 Å². The molecule has 0 aromatic heterocycles. The maximum Gasteiger partial charge on any atom is 0.303 e. The van der Waals surface area contributed by atoms with Crippen molar-refractivity contribution in [2.75, 3.05) is 26.2 Å². The fourth-order valence-corrected chi connectivity index (χ4v) is 2.40. The zero-order chi connectivity index (χ0) is 12.9. The van der Waals surface area contributed by atoms with E-state index in [2.05, 4.69) is 30.6 Å². The number of hydrogen-bond donors (Lipinski definition) is 2. The molecule has 0 radical (unpaired) electrons. The SMILES string of the molecule is C=CCN1CC(C)(C)CNCC1CCC(=O)O. The topological polar surface area (TPSA) is 52.6 Å². The van der Waals surface area contributed by atoms with Crippen LogP contribution in [0.2, 0.25) is 0 Å². The normalized spacial score (nSPS) is 25.2. The zero-order valence-corrected chi connectivity index (χ0v) is 10.9. The Balaban J connectivity index is 2.64. The molecular formula is C13H24N2O2. The summed E-state index contributed by atoms with van der Waals surface area (Å²) in [5, 5.41) is 12.2. The quantitative estimate of drug-likeness (QED) is 0.712. The van der Waals surface area contributed by atoms with Gasteiger partial charge < -0.3 is 10.4 Å². The second-order valence-corrected chi connectivity index (χ2v) is 5.60. The van der Waals surface area contributed by atoms with Crippen molar-refractivity contribution in [2.24, 2.45) is 5.41 Å². The lowest BCUT2D eigenvalue weighted by molar-refractivity contribution is -0.137. The average molecular weight is 240 g/mol.